The number of amides is 3. The molecule has 0 spiro atoms. The van der Waals surface area contributed by atoms with Crippen molar-refractivity contribution in [2.24, 2.45) is 0 Å². The van der Waals surface area contributed by atoms with Crippen molar-refractivity contribution < 1.29 is 14.4 Å². The Morgan fingerprint density at radius 1 is 1.38 bits per heavy atom. The largest absolute Gasteiger partial charge is 0.307 e. The van der Waals surface area contributed by atoms with Gasteiger partial charge in [-0.05, 0) is 18.2 Å². The van der Waals surface area contributed by atoms with Gasteiger partial charge in [0.15, 0.2) is 0 Å². The Morgan fingerprint density at radius 2 is 2.10 bits per heavy atom. The lowest BCUT2D eigenvalue weighted by atomic mass is 10.1. The van der Waals surface area contributed by atoms with Gasteiger partial charge in [0.1, 0.15) is 4.32 Å². The average Bonchev–Trinajstić information content (AvgIpc) is 2.85. The van der Waals surface area contributed by atoms with E-state index in [1.165, 1.54) is 6.92 Å². The van der Waals surface area contributed by atoms with E-state index in [1.807, 2.05) is 0 Å². The highest BCUT2D eigenvalue weighted by molar-refractivity contribution is 9.10. The zero-order chi connectivity index (χ0) is 15.3. The number of rotatable bonds is 0. The Labute approximate surface area is 137 Å². The molecule has 2 heterocycles. The molecule has 5 nitrogen and oxygen atoms in total. The lowest BCUT2D eigenvalue weighted by Gasteiger charge is -2.11. The predicted octanol–water partition coefficient (Wildman–Crippen LogP) is 2.20. The maximum Gasteiger partial charge on any atom is 0.267 e. The van der Waals surface area contributed by atoms with Crippen LogP contribution in [-0.4, -0.2) is 22.0 Å². The van der Waals surface area contributed by atoms with Crippen molar-refractivity contribution >= 4 is 73.2 Å². The fourth-order valence-electron chi connectivity index (χ4n) is 2.25. The van der Waals surface area contributed by atoms with E-state index in [9.17, 15) is 14.4 Å². The highest BCUT2D eigenvalue weighted by atomic mass is 79.9. The summed E-state index contributed by atoms with van der Waals surface area (Å²) >= 11 is 9.32. The number of fused-ring (bicyclic) bond motifs is 1. The number of nitrogens with one attached hydrogen (secondary N) is 1. The minimum atomic E-state index is -0.502. The molecule has 1 fully saturated rings. The Bertz CT molecular complexity index is 773. The molecule has 8 heteroatoms. The van der Waals surface area contributed by atoms with Gasteiger partial charge in [-0.25, -0.2) is 4.90 Å². The molecule has 0 atom stereocenters. The SMILES string of the molecule is CC(=O)N1C(=O)/C(=C2\SC(=S)NC2=O)c2cc(Br)ccc21. The molecule has 106 valence electrons. The summed E-state index contributed by atoms with van der Waals surface area (Å²) in [6.45, 7) is 1.31. The van der Waals surface area contributed by atoms with Crippen LogP contribution in [0.25, 0.3) is 5.57 Å². The smallest absolute Gasteiger partial charge is 0.267 e. The molecule has 1 N–H and O–H groups in total. The Balaban J connectivity index is 2.29. The highest BCUT2D eigenvalue weighted by Gasteiger charge is 2.40. The molecule has 2 aliphatic heterocycles. The number of hydrogen-bond donors (Lipinski definition) is 1. The van der Waals surface area contributed by atoms with E-state index in [0.717, 1.165) is 21.1 Å². The predicted molar refractivity (Wildman–Crippen MR) is 87.6 cm³/mol. The first-order valence-corrected chi connectivity index (χ1v) is 7.84. The van der Waals surface area contributed by atoms with Crippen LogP contribution in [0.4, 0.5) is 5.69 Å². The van der Waals surface area contributed by atoms with E-state index in [2.05, 4.69) is 21.2 Å². The average molecular weight is 383 g/mol. The molecule has 21 heavy (non-hydrogen) atoms. The number of halogens is 1. The van der Waals surface area contributed by atoms with Gasteiger partial charge in [-0.3, -0.25) is 14.4 Å². The number of benzene rings is 1. The maximum absolute atomic E-state index is 12.5. The van der Waals surface area contributed by atoms with Crippen LogP contribution in [0.1, 0.15) is 12.5 Å². The first kappa shape index (κ1) is 14.4. The van der Waals surface area contributed by atoms with Gasteiger partial charge in [-0.2, -0.15) is 0 Å². The maximum atomic E-state index is 12.5. The number of nitrogens with zero attached hydrogens (tertiary/aromatic N) is 1. The second-order valence-electron chi connectivity index (χ2n) is 4.37. The summed E-state index contributed by atoms with van der Waals surface area (Å²) in [6.07, 6.45) is 0. The van der Waals surface area contributed by atoms with Crippen molar-refractivity contribution in [1.29, 1.82) is 0 Å². The van der Waals surface area contributed by atoms with Crippen molar-refractivity contribution in [3.05, 3.63) is 33.1 Å². The first-order chi connectivity index (χ1) is 9.90. The molecule has 3 amide bonds. The summed E-state index contributed by atoms with van der Waals surface area (Å²) in [5.41, 5.74) is 1.24. The van der Waals surface area contributed by atoms with Crippen LogP contribution in [0.5, 0.6) is 0 Å². The van der Waals surface area contributed by atoms with Gasteiger partial charge in [-0.1, -0.05) is 39.9 Å². The van der Waals surface area contributed by atoms with Crippen LogP contribution >= 0.6 is 39.9 Å². The van der Waals surface area contributed by atoms with E-state index < -0.39 is 17.7 Å². The lowest BCUT2D eigenvalue weighted by Crippen LogP contribution is -2.31. The Morgan fingerprint density at radius 3 is 2.67 bits per heavy atom. The number of hydrogen-bond acceptors (Lipinski definition) is 5. The number of thioether (sulfide) groups is 1. The summed E-state index contributed by atoms with van der Waals surface area (Å²) in [6, 6.07) is 5.12. The number of carbonyl (C=O) groups is 3. The fourth-order valence-corrected chi connectivity index (χ4v) is 3.73. The minimum Gasteiger partial charge on any atom is -0.307 e. The number of imide groups is 1. The highest BCUT2D eigenvalue weighted by Crippen LogP contribution is 2.43. The van der Waals surface area contributed by atoms with Crippen molar-refractivity contribution in [2.45, 2.75) is 6.92 Å². The van der Waals surface area contributed by atoms with E-state index in [0.29, 0.717) is 15.6 Å². The molecule has 0 bridgehead atoms. The van der Waals surface area contributed by atoms with Gasteiger partial charge >= 0.3 is 0 Å². The molecule has 1 saturated heterocycles. The van der Waals surface area contributed by atoms with E-state index in [4.69, 9.17) is 12.2 Å². The number of anilines is 1. The summed E-state index contributed by atoms with van der Waals surface area (Å²) in [7, 11) is 0. The van der Waals surface area contributed by atoms with Crippen molar-refractivity contribution in [1.82, 2.24) is 5.32 Å². The normalized spacial score (nSPS) is 20.9. The van der Waals surface area contributed by atoms with Gasteiger partial charge in [0, 0.05) is 17.0 Å². The van der Waals surface area contributed by atoms with Gasteiger partial charge < -0.3 is 5.32 Å². The molecule has 1 aromatic carbocycles. The van der Waals surface area contributed by atoms with Gasteiger partial charge in [0.25, 0.3) is 11.8 Å². The molecule has 0 aromatic heterocycles. The number of carbonyl (C=O) groups excluding carboxylic acids is 3. The molecule has 0 radical (unpaired) electrons. The van der Waals surface area contributed by atoms with Crippen LogP contribution in [0.3, 0.4) is 0 Å². The second kappa shape index (κ2) is 5.04. The number of thiocarbonyl (C=S) groups is 1. The monoisotopic (exact) mass is 382 g/mol. The van der Waals surface area contributed by atoms with Crippen LogP contribution in [0, 0.1) is 0 Å². The quantitative estimate of drug-likeness (QED) is 0.550. The van der Waals surface area contributed by atoms with Crippen molar-refractivity contribution in [3.63, 3.8) is 0 Å². The third-order valence-electron chi connectivity index (χ3n) is 3.04. The van der Waals surface area contributed by atoms with Gasteiger partial charge in [0.2, 0.25) is 5.91 Å². The van der Waals surface area contributed by atoms with E-state index in [1.54, 1.807) is 18.2 Å². The third-order valence-corrected chi connectivity index (χ3v) is 4.77. The third kappa shape index (κ3) is 2.23. The summed E-state index contributed by atoms with van der Waals surface area (Å²) in [5, 5.41) is 2.48. The van der Waals surface area contributed by atoms with Crippen LogP contribution in [0.2, 0.25) is 0 Å². The van der Waals surface area contributed by atoms with E-state index in [-0.39, 0.29) is 10.5 Å². The minimum absolute atomic E-state index is 0.212. The zero-order valence-corrected chi connectivity index (χ0v) is 13.8. The summed E-state index contributed by atoms with van der Waals surface area (Å²) in [4.78, 5) is 37.5. The molecular weight excluding hydrogens is 376 g/mol. The Hall–Kier alpha value is -1.51. The second-order valence-corrected chi connectivity index (χ2v) is 6.97. The first-order valence-electron chi connectivity index (χ1n) is 5.82. The molecule has 1 aromatic rings. The molecule has 2 aliphatic rings. The zero-order valence-electron chi connectivity index (χ0n) is 10.6. The summed E-state index contributed by atoms with van der Waals surface area (Å²) < 4.78 is 1.05. The Kier molecular flexibility index (Phi) is 3.46. The molecule has 0 saturated carbocycles. The van der Waals surface area contributed by atoms with Crippen molar-refractivity contribution in [3.8, 4) is 0 Å². The van der Waals surface area contributed by atoms with Crippen molar-refractivity contribution in [2.75, 3.05) is 4.90 Å². The molecular formula is C13H7BrN2O3S2. The lowest BCUT2D eigenvalue weighted by molar-refractivity contribution is -0.122. The topological polar surface area (TPSA) is 66.5 Å². The standard InChI is InChI=1S/C13H7BrN2O3S2/c1-5(17)16-8-3-2-6(14)4-7(8)9(12(16)19)10-11(18)15-13(20)21-10/h2-4H,1H3,(H,15,18,20)/b10-9-. The van der Waals surface area contributed by atoms with Crippen LogP contribution < -0.4 is 10.2 Å². The van der Waals surface area contributed by atoms with Crippen LogP contribution in [0.15, 0.2) is 27.6 Å². The molecule has 3 rings (SSSR count). The van der Waals surface area contributed by atoms with E-state index >= 15 is 0 Å². The van der Waals surface area contributed by atoms with Crippen LogP contribution in [-0.2, 0) is 14.4 Å². The van der Waals surface area contributed by atoms with Gasteiger partial charge in [-0.15, -0.1) is 0 Å². The summed E-state index contributed by atoms with van der Waals surface area (Å²) in [5.74, 6) is -1.31. The molecule has 0 aliphatic carbocycles. The van der Waals surface area contributed by atoms with Gasteiger partial charge in [0.05, 0.1) is 16.2 Å². The molecule has 0 unspecified atom stereocenters. The fraction of sp³-hybridized carbons (Fsp3) is 0.0769.